The Balaban J connectivity index is 1.65. The van der Waals surface area contributed by atoms with Gasteiger partial charge in [0.15, 0.2) is 0 Å². The van der Waals surface area contributed by atoms with Gasteiger partial charge < -0.3 is 29.3 Å². The summed E-state index contributed by atoms with van der Waals surface area (Å²) in [5.74, 6) is -1.74. The number of hydrogen-bond acceptors (Lipinski definition) is 6. The zero-order valence-corrected chi connectivity index (χ0v) is 30.0. The first-order valence-corrected chi connectivity index (χ1v) is 17.7. The predicted molar refractivity (Wildman–Crippen MR) is 193 cm³/mol. The molecule has 1 N–H and O–H groups in total. The summed E-state index contributed by atoms with van der Waals surface area (Å²) in [5.41, 5.74) is 1.13. The van der Waals surface area contributed by atoms with Gasteiger partial charge in [-0.3, -0.25) is 14.4 Å². The van der Waals surface area contributed by atoms with Gasteiger partial charge in [0.1, 0.15) is 17.4 Å². The molecule has 9 nitrogen and oxygen atoms in total. The van der Waals surface area contributed by atoms with Gasteiger partial charge in [0, 0.05) is 24.5 Å². The number of aliphatic hydroxyl groups is 1. The third-order valence-electron chi connectivity index (χ3n) is 10.7. The zero-order chi connectivity index (χ0) is 35.7. The molecule has 0 radical (unpaired) electrons. The van der Waals surface area contributed by atoms with Crippen LogP contribution in [0.3, 0.4) is 0 Å². The summed E-state index contributed by atoms with van der Waals surface area (Å²) in [5, 5.41) is 10.8. The van der Waals surface area contributed by atoms with Gasteiger partial charge in [-0.2, -0.15) is 0 Å². The van der Waals surface area contributed by atoms with E-state index in [1.165, 1.54) is 0 Å². The van der Waals surface area contributed by atoms with Crippen LogP contribution in [0.2, 0.25) is 0 Å². The summed E-state index contributed by atoms with van der Waals surface area (Å²) in [6.45, 7) is 20.4. The fourth-order valence-electron chi connectivity index (χ4n) is 8.63. The van der Waals surface area contributed by atoms with E-state index >= 15 is 9.59 Å². The molecule has 1 spiro atoms. The van der Waals surface area contributed by atoms with Crippen molar-refractivity contribution >= 4 is 29.1 Å². The Hall–Kier alpha value is -3.95. The van der Waals surface area contributed by atoms with Crippen molar-refractivity contribution < 1.29 is 29.0 Å². The van der Waals surface area contributed by atoms with Gasteiger partial charge in [0.2, 0.25) is 11.8 Å². The lowest BCUT2D eigenvalue weighted by Crippen LogP contribution is -2.59. The van der Waals surface area contributed by atoms with Gasteiger partial charge in [-0.1, -0.05) is 45.1 Å². The molecule has 0 saturated carbocycles. The van der Waals surface area contributed by atoms with Crippen molar-refractivity contribution in [3.05, 3.63) is 78.9 Å². The van der Waals surface area contributed by atoms with Crippen molar-refractivity contribution in [2.45, 2.75) is 90.5 Å². The van der Waals surface area contributed by atoms with Crippen LogP contribution in [-0.4, -0.2) is 77.3 Å². The third kappa shape index (κ3) is 6.20. The fourth-order valence-corrected chi connectivity index (χ4v) is 8.63. The van der Waals surface area contributed by atoms with Crippen LogP contribution in [0.25, 0.3) is 0 Å². The van der Waals surface area contributed by atoms with Gasteiger partial charge in [-0.15, -0.1) is 13.2 Å². The number of rotatable bonds is 15. The van der Waals surface area contributed by atoms with E-state index in [1.807, 2.05) is 84.0 Å². The minimum absolute atomic E-state index is 0.140. The van der Waals surface area contributed by atoms with E-state index in [2.05, 4.69) is 13.2 Å². The van der Waals surface area contributed by atoms with Crippen molar-refractivity contribution in [2.75, 3.05) is 36.1 Å². The van der Waals surface area contributed by atoms with E-state index in [4.69, 9.17) is 9.47 Å². The van der Waals surface area contributed by atoms with Crippen molar-refractivity contribution in [2.24, 2.45) is 17.8 Å². The summed E-state index contributed by atoms with van der Waals surface area (Å²) in [4.78, 5) is 50.2. The maximum Gasteiger partial charge on any atom is 0.253 e. The first-order chi connectivity index (χ1) is 23.4. The average molecular weight is 672 g/mol. The van der Waals surface area contributed by atoms with Gasteiger partial charge in [-0.05, 0) is 93.8 Å². The van der Waals surface area contributed by atoms with Gasteiger partial charge >= 0.3 is 0 Å². The van der Waals surface area contributed by atoms with Crippen molar-refractivity contribution in [1.82, 2.24) is 4.90 Å². The largest absolute Gasteiger partial charge is 0.494 e. The van der Waals surface area contributed by atoms with Crippen LogP contribution < -0.4 is 14.5 Å². The molecule has 3 aliphatic heterocycles. The van der Waals surface area contributed by atoms with Crippen molar-refractivity contribution in [3.63, 3.8) is 0 Å². The molecule has 3 fully saturated rings. The monoisotopic (exact) mass is 671 g/mol. The number of likely N-dealkylation sites (tertiary alicyclic amines) is 1. The number of aryl methyl sites for hydroxylation is 2. The molecule has 6 atom stereocenters. The van der Waals surface area contributed by atoms with Crippen LogP contribution in [0.4, 0.5) is 11.4 Å². The minimum Gasteiger partial charge on any atom is -0.494 e. The lowest BCUT2D eigenvalue weighted by molar-refractivity contribution is -0.149. The van der Waals surface area contributed by atoms with E-state index in [9.17, 15) is 9.90 Å². The molecule has 264 valence electrons. The fraction of sp³-hybridized carbons (Fsp3) is 0.525. The Labute approximate surface area is 291 Å². The Kier molecular flexibility index (Phi) is 10.7. The Morgan fingerprint density at radius 3 is 2.31 bits per heavy atom. The molecular formula is C40H53N3O6. The number of carbonyl (C=O) groups excluding carboxylic acids is 3. The zero-order valence-electron chi connectivity index (χ0n) is 30.0. The number of anilines is 2. The lowest BCUT2D eigenvalue weighted by atomic mass is 9.64. The molecule has 3 amide bonds. The molecule has 2 aromatic rings. The maximum atomic E-state index is 15.2. The second kappa shape index (κ2) is 14.5. The molecule has 0 aliphatic carbocycles. The third-order valence-corrected chi connectivity index (χ3v) is 10.7. The lowest BCUT2D eigenvalue weighted by Gasteiger charge is -2.40. The number of fused-ring (bicyclic) bond motifs is 1. The first kappa shape index (κ1) is 36.3. The van der Waals surface area contributed by atoms with Gasteiger partial charge in [0.05, 0.1) is 36.7 Å². The van der Waals surface area contributed by atoms with E-state index in [-0.39, 0.29) is 43.3 Å². The standard InChI is InChI=1S/C40H53N3O6/c1-9-21-41(29-15-17-31(18-16-29)48-12-4)36(45)33-34-37(46)43(30(25-44)23-26(5)6)35(40(34)20-19-39(33,11-3)49-40)38(47)42(22-10-2)32-24-27(7)13-14-28(32)8/h9-10,13-18,24,26,30,33-35,44H,1-2,11-12,19-23,25H2,3-8H3/t30-,33-,34+,35?,39+,40?/m1/s1. The Morgan fingerprint density at radius 2 is 1.71 bits per heavy atom. The number of amides is 3. The number of hydrogen-bond donors (Lipinski definition) is 1. The molecule has 2 bridgehead atoms. The smallest absolute Gasteiger partial charge is 0.253 e. The van der Waals surface area contributed by atoms with Crippen LogP contribution in [0.15, 0.2) is 67.8 Å². The summed E-state index contributed by atoms with van der Waals surface area (Å²) >= 11 is 0. The van der Waals surface area contributed by atoms with Crippen molar-refractivity contribution in [3.8, 4) is 5.75 Å². The molecule has 3 saturated heterocycles. The highest BCUT2D eigenvalue weighted by atomic mass is 16.5. The normalized spacial score (nSPS) is 26.1. The van der Waals surface area contributed by atoms with Crippen LogP contribution in [0.5, 0.6) is 5.75 Å². The number of carbonyl (C=O) groups is 3. The second-order valence-corrected chi connectivity index (χ2v) is 14.2. The summed E-state index contributed by atoms with van der Waals surface area (Å²) in [6, 6.07) is 11.6. The first-order valence-electron chi connectivity index (χ1n) is 17.7. The molecule has 9 heteroatoms. The van der Waals surface area contributed by atoms with Crippen LogP contribution in [-0.2, 0) is 19.1 Å². The highest BCUT2D eigenvalue weighted by Crippen LogP contribution is 2.65. The number of ether oxygens (including phenoxy) is 2. The predicted octanol–water partition coefficient (Wildman–Crippen LogP) is 6.00. The number of nitrogens with zero attached hydrogens (tertiary/aromatic N) is 3. The Morgan fingerprint density at radius 1 is 1.04 bits per heavy atom. The van der Waals surface area contributed by atoms with Gasteiger partial charge in [-0.25, -0.2) is 0 Å². The quantitative estimate of drug-likeness (QED) is 0.233. The number of aliphatic hydroxyl groups excluding tert-OH is 1. The SMILES string of the molecule is C=CCN(C(=O)[C@H]1[C@H]2C(=O)N([C@@H](CO)CC(C)C)C(C(=O)N(CC=C)c3cc(C)ccc3C)C23CC[C@]1(CC)O3)c1ccc(OCC)cc1. The highest BCUT2D eigenvalue weighted by molar-refractivity contribution is 6.07. The van der Waals surface area contributed by atoms with Crippen LogP contribution in [0.1, 0.15) is 64.5 Å². The van der Waals surface area contributed by atoms with E-state index in [0.29, 0.717) is 43.7 Å². The van der Waals surface area contributed by atoms with E-state index in [1.54, 1.807) is 26.9 Å². The molecule has 2 unspecified atom stereocenters. The molecular weight excluding hydrogens is 618 g/mol. The minimum atomic E-state index is -1.25. The molecule has 3 aliphatic rings. The molecule has 3 heterocycles. The topological polar surface area (TPSA) is 99.6 Å². The summed E-state index contributed by atoms with van der Waals surface area (Å²) in [6.07, 6.45) is 5.34. The van der Waals surface area contributed by atoms with Gasteiger partial charge in [0.25, 0.3) is 5.91 Å². The molecule has 0 aromatic heterocycles. The summed E-state index contributed by atoms with van der Waals surface area (Å²) in [7, 11) is 0. The van der Waals surface area contributed by atoms with E-state index in [0.717, 1.165) is 16.8 Å². The molecule has 5 rings (SSSR count). The van der Waals surface area contributed by atoms with E-state index < -0.39 is 35.1 Å². The van der Waals surface area contributed by atoms with Crippen LogP contribution in [0, 0.1) is 31.6 Å². The second-order valence-electron chi connectivity index (χ2n) is 14.2. The molecule has 49 heavy (non-hydrogen) atoms. The van der Waals surface area contributed by atoms with Crippen LogP contribution >= 0.6 is 0 Å². The maximum absolute atomic E-state index is 15.2. The van der Waals surface area contributed by atoms with Crippen molar-refractivity contribution in [1.29, 1.82) is 0 Å². The summed E-state index contributed by atoms with van der Waals surface area (Å²) < 4.78 is 12.7. The Bertz CT molecular complexity index is 1570. The highest BCUT2D eigenvalue weighted by Gasteiger charge is 2.79. The molecule has 2 aromatic carbocycles. The average Bonchev–Trinajstić information content (AvgIpc) is 3.69. The number of benzene rings is 2.